The quantitative estimate of drug-likeness (QED) is 0.880. The Morgan fingerprint density at radius 3 is 2.84 bits per heavy atom. The van der Waals surface area contributed by atoms with Gasteiger partial charge in [0.05, 0.1) is 19.6 Å². The van der Waals surface area contributed by atoms with Crippen molar-refractivity contribution in [1.82, 2.24) is 0 Å². The standard InChI is InChI=1S/C13H14N2O4/c14-13(16)10-4-2-1-3-9(10)11-5-12(15-19-11)18-8-6-17-7-8/h1-4,8,11H,5-7H2,(H2,14,16). The molecule has 0 aromatic heterocycles. The largest absolute Gasteiger partial charge is 0.470 e. The van der Waals surface area contributed by atoms with E-state index in [0.29, 0.717) is 31.1 Å². The predicted molar refractivity (Wildman–Crippen MR) is 66.5 cm³/mol. The summed E-state index contributed by atoms with van der Waals surface area (Å²) in [5.74, 6) is 0.0681. The van der Waals surface area contributed by atoms with E-state index in [9.17, 15) is 4.79 Å². The summed E-state index contributed by atoms with van der Waals surface area (Å²) in [5.41, 5.74) is 6.54. The number of nitrogens with zero attached hydrogens (tertiary/aromatic N) is 1. The van der Waals surface area contributed by atoms with Gasteiger partial charge in [-0.15, -0.1) is 0 Å². The van der Waals surface area contributed by atoms with Crippen LogP contribution in [0.15, 0.2) is 29.4 Å². The maximum atomic E-state index is 11.4. The highest BCUT2D eigenvalue weighted by Crippen LogP contribution is 2.30. The van der Waals surface area contributed by atoms with Crippen LogP contribution in [0.25, 0.3) is 0 Å². The van der Waals surface area contributed by atoms with E-state index in [1.807, 2.05) is 12.1 Å². The normalized spacial score (nSPS) is 22.3. The van der Waals surface area contributed by atoms with Crippen LogP contribution in [0.5, 0.6) is 0 Å². The minimum Gasteiger partial charge on any atom is -0.470 e. The molecular formula is C13H14N2O4. The fourth-order valence-corrected chi connectivity index (χ4v) is 2.07. The summed E-state index contributed by atoms with van der Waals surface area (Å²) in [5, 5.41) is 3.90. The van der Waals surface area contributed by atoms with Gasteiger partial charge in [-0.1, -0.05) is 23.4 Å². The van der Waals surface area contributed by atoms with Crippen molar-refractivity contribution in [2.24, 2.45) is 10.9 Å². The van der Waals surface area contributed by atoms with Gasteiger partial charge >= 0.3 is 0 Å². The maximum Gasteiger partial charge on any atom is 0.249 e. The highest BCUT2D eigenvalue weighted by atomic mass is 16.7. The molecule has 1 saturated heterocycles. The summed E-state index contributed by atoms with van der Waals surface area (Å²) in [7, 11) is 0. The molecule has 3 rings (SSSR count). The summed E-state index contributed by atoms with van der Waals surface area (Å²) in [6, 6.07) is 7.10. The van der Waals surface area contributed by atoms with Gasteiger partial charge < -0.3 is 20.0 Å². The lowest BCUT2D eigenvalue weighted by molar-refractivity contribution is -0.0868. The van der Waals surface area contributed by atoms with Crippen molar-refractivity contribution in [2.45, 2.75) is 18.6 Å². The Morgan fingerprint density at radius 1 is 1.37 bits per heavy atom. The average molecular weight is 262 g/mol. The molecule has 6 heteroatoms. The minimum atomic E-state index is -0.471. The lowest BCUT2D eigenvalue weighted by Crippen LogP contribution is -2.37. The number of hydrogen-bond donors (Lipinski definition) is 1. The van der Waals surface area contributed by atoms with Crippen LogP contribution < -0.4 is 5.73 Å². The van der Waals surface area contributed by atoms with Crippen molar-refractivity contribution in [3.63, 3.8) is 0 Å². The van der Waals surface area contributed by atoms with Crippen molar-refractivity contribution >= 4 is 11.8 Å². The number of benzene rings is 1. The van der Waals surface area contributed by atoms with Crippen LogP contribution in [0.2, 0.25) is 0 Å². The molecule has 2 aliphatic heterocycles. The molecule has 0 radical (unpaired) electrons. The average Bonchev–Trinajstić information content (AvgIpc) is 2.82. The van der Waals surface area contributed by atoms with E-state index >= 15 is 0 Å². The Kier molecular flexibility index (Phi) is 3.08. The van der Waals surface area contributed by atoms with E-state index in [2.05, 4.69) is 5.16 Å². The third-order valence-corrected chi connectivity index (χ3v) is 3.13. The molecule has 2 heterocycles. The second kappa shape index (κ2) is 4.89. The zero-order chi connectivity index (χ0) is 13.2. The Morgan fingerprint density at radius 2 is 2.16 bits per heavy atom. The van der Waals surface area contributed by atoms with Crippen LogP contribution in [0, 0.1) is 0 Å². The van der Waals surface area contributed by atoms with Gasteiger partial charge in [0, 0.05) is 11.1 Å². The number of amides is 1. The first-order valence-electron chi connectivity index (χ1n) is 6.10. The molecule has 0 saturated carbocycles. The molecule has 1 unspecified atom stereocenters. The van der Waals surface area contributed by atoms with Crippen LogP contribution >= 0.6 is 0 Å². The molecule has 2 aliphatic rings. The molecule has 1 aromatic carbocycles. The van der Waals surface area contributed by atoms with Crippen LogP contribution in [0.4, 0.5) is 0 Å². The molecule has 2 N–H and O–H groups in total. The fraction of sp³-hybridized carbons (Fsp3) is 0.385. The number of primary amides is 1. The van der Waals surface area contributed by atoms with Crippen LogP contribution in [0.3, 0.4) is 0 Å². The number of carbonyl (C=O) groups excluding carboxylic acids is 1. The molecule has 1 aromatic rings. The molecule has 1 atom stereocenters. The van der Waals surface area contributed by atoms with Crippen molar-refractivity contribution in [3.05, 3.63) is 35.4 Å². The van der Waals surface area contributed by atoms with Crippen LogP contribution in [-0.2, 0) is 14.3 Å². The smallest absolute Gasteiger partial charge is 0.249 e. The van der Waals surface area contributed by atoms with E-state index in [1.165, 1.54) is 0 Å². The van der Waals surface area contributed by atoms with Crippen molar-refractivity contribution < 1.29 is 19.1 Å². The zero-order valence-corrected chi connectivity index (χ0v) is 10.2. The van der Waals surface area contributed by atoms with Crippen molar-refractivity contribution in [2.75, 3.05) is 13.2 Å². The van der Waals surface area contributed by atoms with E-state index in [-0.39, 0.29) is 12.2 Å². The summed E-state index contributed by atoms with van der Waals surface area (Å²) < 4.78 is 10.6. The molecule has 19 heavy (non-hydrogen) atoms. The number of nitrogens with two attached hydrogens (primary N) is 1. The molecule has 1 fully saturated rings. The molecule has 6 nitrogen and oxygen atoms in total. The van der Waals surface area contributed by atoms with E-state index < -0.39 is 5.91 Å². The second-order valence-corrected chi connectivity index (χ2v) is 4.51. The van der Waals surface area contributed by atoms with Crippen LogP contribution in [0.1, 0.15) is 28.4 Å². The van der Waals surface area contributed by atoms with Gasteiger partial charge in [0.2, 0.25) is 11.8 Å². The van der Waals surface area contributed by atoms with E-state index in [0.717, 1.165) is 5.56 Å². The second-order valence-electron chi connectivity index (χ2n) is 4.51. The molecule has 100 valence electrons. The third kappa shape index (κ3) is 2.39. The minimum absolute atomic E-state index is 0.0625. The molecule has 0 bridgehead atoms. The maximum absolute atomic E-state index is 11.4. The topological polar surface area (TPSA) is 83.1 Å². The van der Waals surface area contributed by atoms with Crippen LogP contribution in [-0.4, -0.2) is 31.1 Å². The zero-order valence-electron chi connectivity index (χ0n) is 10.2. The fourth-order valence-electron chi connectivity index (χ4n) is 2.07. The number of carbonyl (C=O) groups is 1. The van der Waals surface area contributed by atoms with Gasteiger partial charge in [0.25, 0.3) is 0 Å². The first-order valence-corrected chi connectivity index (χ1v) is 6.10. The molecule has 0 aliphatic carbocycles. The van der Waals surface area contributed by atoms with E-state index in [4.69, 9.17) is 20.0 Å². The first kappa shape index (κ1) is 12.0. The third-order valence-electron chi connectivity index (χ3n) is 3.13. The van der Waals surface area contributed by atoms with Gasteiger partial charge in [-0.2, -0.15) is 0 Å². The lowest BCUT2D eigenvalue weighted by atomic mass is 10.00. The van der Waals surface area contributed by atoms with E-state index in [1.54, 1.807) is 12.1 Å². The summed E-state index contributed by atoms with van der Waals surface area (Å²) >= 11 is 0. The number of rotatable bonds is 3. The molecule has 1 amide bonds. The Labute approximate surface area is 110 Å². The van der Waals surface area contributed by atoms with Crippen molar-refractivity contribution in [3.8, 4) is 0 Å². The Hall–Kier alpha value is -2.08. The summed E-state index contributed by atoms with van der Waals surface area (Å²) in [6.45, 7) is 1.17. The molecular weight excluding hydrogens is 248 g/mol. The number of ether oxygens (including phenoxy) is 2. The Balaban J connectivity index is 1.70. The molecule has 0 spiro atoms. The number of hydrogen-bond acceptors (Lipinski definition) is 5. The first-order chi connectivity index (χ1) is 9.24. The van der Waals surface area contributed by atoms with Gasteiger partial charge in [-0.25, -0.2) is 0 Å². The monoisotopic (exact) mass is 262 g/mol. The highest BCUT2D eigenvalue weighted by molar-refractivity contribution is 5.94. The highest BCUT2D eigenvalue weighted by Gasteiger charge is 2.30. The predicted octanol–water partition coefficient (Wildman–Crippen LogP) is 0.976. The van der Waals surface area contributed by atoms with Gasteiger partial charge in [-0.05, 0) is 6.07 Å². The number of oxime groups is 1. The SMILES string of the molecule is NC(=O)c1ccccc1C1CC(OC2COC2)=NO1. The summed E-state index contributed by atoms with van der Waals surface area (Å²) in [6.07, 6.45) is 0.244. The van der Waals surface area contributed by atoms with Gasteiger partial charge in [0.15, 0.2) is 6.10 Å². The summed E-state index contributed by atoms with van der Waals surface area (Å²) in [4.78, 5) is 16.7. The lowest BCUT2D eigenvalue weighted by Gasteiger charge is -2.25. The Bertz CT molecular complexity index is 525. The van der Waals surface area contributed by atoms with Gasteiger partial charge in [-0.3, -0.25) is 4.79 Å². The van der Waals surface area contributed by atoms with Gasteiger partial charge in [0.1, 0.15) is 6.10 Å². The van der Waals surface area contributed by atoms with Crippen molar-refractivity contribution in [1.29, 1.82) is 0 Å².